The molecular formula is C8H5ClF3NO2. The number of aromatic nitrogens is 1. The summed E-state index contributed by atoms with van der Waals surface area (Å²) in [6, 6.07) is 1.68. The highest BCUT2D eigenvalue weighted by molar-refractivity contribution is 6.29. The molecule has 7 heteroatoms. The van der Waals surface area contributed by atoms with E-state index in [0.29, 0.717) is 6.07 Å². The van der Waals surface area contributed by atoms with Gasteiger partial charge in [0, 0.05) is 0 Å². The molecule has 0 aliphatic rings. The van der Waals surface area contributed by atoms with E-state index in [2.05, 4.69) is 4.98 Å². The molecule has 1 heterocycles. The molecule has 0 spiro atoms. The zero-order valence-electron chi connectivity index (χ0n) is 7.18. The topological polar surface area (TPSA) is 50.2 Å². The van der Waals surface area contributed by atoms with Crippen LogP contribution in [0.3, 0.4) is 0 Å². The normalized spacial score (nSPS) is 11.5. The van der Waals surface area contributed by atoms with Gasteiger partial charge >= 0.3 is 12.1 Å². The van der Waals surface area contributed by atoms with Crippen molar-refractivity contribution in [2.75, 3.05) is 0 Å². The second kappa shape index (κ2) is 4.06. The summed E-state index contributed by atoms with van der Waals surface area (Å²) in [5, 5.41) is 8.23. The number of pyridine rings is 1. The Labute approximate surface area is 87.5 Å². The second-order valence-electron chi connectivity index (χ2n) is 2.70. The Morgan fingerprint density at radius 1 is 1.47 bits per heavy atom. The highest BCUT2D eigenvalue weighted by Gasteiger charge is 2.34. The quantitative estimate of drug-likeness (QED) is 0.806. The fourth-order valence-electron chi connectivity index (χ4n) is 1.01. The van der Waals surface area contributed by atoms with Gasteiger partial charge in [0.2, 0.25) is 0 Å². The fraction of sp³-hybridized carbons (Fsp3) is 0.250. The molecule has 0 saturated heterocycles. The van der Waals surface area contributed by atoms with Gasteiger partial charge in [-0.15, -0.1) is 0 Å². The number of alkyl halides is 3. The molecule has 82 valence electrons. The number of rotatable bonds is 2. The smallest absolute Gasteiger partial charge is 0.418 e. The number of hydrogen-bond donors (Lipinski definition) is 1. The first kappa shape index (κ1) is 11.8. The minimum atomic E-state index is -4.62. The van der Waals surface area contributed by atoms with Crippen molar-refractivity contribution < 1.29 is 23.1 Å². The van der Waals surface area contributed by atoms with E-state index in [0.717, 1.165) is 6.07 Å². The molecule has 0 unspecified atom stereocenters. The molecule has 0 saturated carbocycles. The van der Waals surface area contributed by atoms with Crippen LogP contribution in [0.5, 0.6) is 0 Å². The van der Waals surface area contributed by atoms with Gasteiger partial charge in [0.25, 0.3) is 0 Å². The van der Waals surface area contributed by atoms with E-state index >= 15 is 0 Å². The van der Waals surface area contributed by atoms with Gasteiger partial charge in [0.15, 0.2) is 0 Å². The van der Waals surface area contributed by atoms with Gasteiger partial charge in [-0.05, 0) is 12.1 Å². The van der Waals surface area contributed by atoms with Gasteiger partial charge in [-0.2, -0.15) is 13.2 Å². The number of halogens is 4. The van der Waals surface area contributed by atoms with Crippen LogP contribution in [0, 0.1) is 0 Å². The number of nitrogens with zero attached hydrogens (tertiary/aromatic N) is 1. The van der Waals surface area contributed by atoms with Crippen molar-refractivity contribution in [3.8, 4) is 0 Å². The van der Waals surface area contributed by atoms with E-state index in [1.165, 1.54) is 0 Å². The third-order valence-corrected chi connectivity index (χ3v) is 1.77. The summed E-state index contributed by atoms with van der Waals surface area (Å²) in [5.74, 6) is -1.39. The van der Waals surface area contributed by atoms with Crippen molar-refractivity contribution in [2.45, 2.75) is 12.6 Å². The van der Waals surface area contributed by atoms with E-state index in [9.17, 15) is 18.0 Å². The van der Waals surface area contributed by atoms with E-state index in [-0.39, 0.29) is 5.15 Å². The summed E-state index contributed by atoms with van der Waals surface area (Å²) >= 11 is 5.38. The van der Waals surface area contributed by atoms with Gasteiger partial charge in [0.1, 0.15) is 5.15 Å². The molecule has 1 aromatic rings. The molecular weight excluding hydrogens is 235 g/mol. The maximum atomic E-state index is 12.4. The van der Waals surface area contributed by atoms with Crippen LogP contribution in [-0.2, 0) is 17.4 Å². The third-order valence-electron chi connectivity index (χ3n) is 1.56. The average molecular weight is 240 g/mol. The summed E-state index contributed by atoms with van der Waals surface area (Å²) in [5.41, 5.74) is -1.66. The largest absolute Gasteiger partial charge is 0.481 e. The Hall–Kier alpha value is -1.30. The summed E-state index contributed by atoms with van der Waals surface area (Å²) in [6.45, 7) is 0. The standard InChI is InChI=1S/C8H5ClF3NO2/c9-6-2-1-4(8(10,11)12)5(13-6)3-7(14)15/h1-2H,3H2,(H,14,15). The van der Waals surface area contributed by atoms with E-state index in [1.54, 1.807) is 0 Å². The number of aliphatic carboxylic acids is 1. The summed E-state index contributed by atoms with van der Waals surface area (Å²) < 4.78 is 37.1. The Balaban J connectivity index is 3.20. The lowest BCUT2D eigenvalue weighted by atomic mass is 10.1. The van der Waals surface area contributed by atoms with Gasteiger partial charge in [-0.3, -0.25) is 4.79 Å². The Morgan fingerprint density at radius 2 is 2.07 bits per heavy atom. The summed E-state index contributed by atoms with van der Waals surface area (Å²) in [6.07, 6.45) is -5.43. The van der Waals surface area contributed by atoms with Crippen molar-refractivity contribution >= 4 is 17.6 Å². The number of carboxylic acid groups (broad SMARTS) is 1. The lowest BCUT2D eigenvalue weighted by Gasteiger charge is -2.10. The van der Waals surface area contributed by atoms with Gasteiger partial charge in [0.05, 0.1) is 17.7 Å². The molecule has 0 fully saturated rings. The van der Waals surface area contributed by atoms with E-state index < -0.39 is 29.8 Å². The monoisotopic (exact) mass is 239 g/mol. The minimum absolute atomic E-state index is 0.167. The lowest BCUT2D eigenvalue weighted by molar-refractivity contribution is -0.140. The highest BCUT2D eigenvalue weighted by atomic mass is 35.5. The summed E-state index contributed by atoms with van der Waals surface area (Å²) in [7, 11) is 0. The highest BCUT2D eigenvalue weighted by Crippen LogP contribution is 2.32. The first-order valence-corrected chi connectivity index (χ1v) is 4.13. The van der Waals surface area contributed by atoms with Gasteiger partial charge in [-0.1, -0.05) is 11.6 Å². The first-order chi connectivity index (χ1) is 6.80. The Kier molecular flexibility index (Phi) is 3.18. The third kappa shape index (κ3) is 3.09. The lowest BCUT2D eigenvalue weighted by Crippen LogP contribution is -2.14. The van der Waals surface area contributed by atoms with Crippen LogP contribution in [0.2, 0.25) is 5.15 Å². The first-order valence-electron chi connectivity index (χ1n) is 3.75. The molecule has 3 nitrogen and oxygen atoms in total. The molecule has 1 rings (SSSR count). The molecule has 0 aromatic carbocycles. The van der Waals surface area contributed by atoms with Crippen LogP contribution in [0.4, 0.5) is 13.2 Å². The molecule has 0 amide bonds. The van der Waals surface area contributed by atoms with Crippen molar-refractivity contribution in [1.82, 2.24) is 4.98 Å². The average Bonchev–Trinajstić information content (AvgIpc) is 1.99. The van der Waals surface area contributed by atoms with Crippen LogP contribution in [0.15, 0.2) is 12.1 Å². The van der Waals surface area contributed by atoms with E-state index in [1.807, 2.05) is 0 Å². The maximum absolute atomic E-state index is 12.4. The molecule has 0 radical (unpaired) electrons. The van der Waals surface area contributed by atoms with Gasteiger partial charge < -0.3 is 5.11 Å². The number of carboxylic acids is 1. The number of carbonyl (C=O) groups is 1. The van der Waals surface area contributed by atoms with Crippen molar-refractivity contribution in [3.05, 3.63) is 28.5 Å². The minimum Gasteiger partial charge on any atom is -0.481 e. The maximum Gasteiger partial charge on any atom is 0.418 e. The molecule has 0 aliphatic carbocycles. The van der Waals surface area contributed by atoms with Crippen LogP contribution in [0.1, 0.15) is 11.3 Å². The van der Waals surface area contributed by atoms with Crippen LogP contribution in [0.25, 0.3) is 0 Å². The van der Waals surface area contributed by atoms with Crippen LogP contribution >= 0.6 is 11.6 Å². The predicted molar refractivity (Wildman–Crippen MR) is 45.6 cm³/mol. The van der Waals surface area contributed by atoms with Gasteiger partial charge in [-0.25, -0.2) is 4.98 Å². The number of hydrogen-bond acceptors (Lipinski definition) is 2. The predicted octanol–water partition coefficient (Wildman–Crippen LogP) is 2.38. The zero-order chi connectivity index (χ0) is 11.6. The zero-order valence-corrected chi connectivity index (χ0v) is 7.93. The van der Waals surface area contributed by atoms with Crippen LogP contribution < -0.4 is 0 Å². The second-order valence-corrected chi connectivity index (χ2v) is 3.08. The van der Waals surface area contributed by atoms with Crippen molar-refractivity contribution in [3.63, 3.8) is 0 Å². The molecule has 1 aromatic heterocycles. The van der Waals surface area contributed by atoms with E-state index in [4.69, 9.17) is 16.7 Å². The molecule has 15 heavy (non-hydrogen) atoms. The molecule has 0 bridgehead atoms. The molecule has 1 N–H and O–H groups in total. The fourth-order valence-corrected chi connectivity index (χ4v) is 1.18. The SMILES string of the molecule is O=C(O)Cc1nc(Cl)ccc1C(F)(F)F. The Morgan fingerprint density at radius 3 is 2.53 bits per heavy atom. The summed E-state index contributed by atoms with van der Waals surface area (Å²) in [4.78, 5) is 13.7. The van der Waals surface area contributed by atoms with Crippen molar-refractivity contribution in [2.24, 2.45) is 0 Å². The Bertz CT molecular complexity index is 392. The van der Waals surface area contributed by atoms with Crippen molar-refractivity contribution in [1.29, 1.82) is 0 Å². The molecule has 0 aliphatic heterocycles. The molecule has 0 atom stereocenters. The van der Waals surface area contributed by atoms with Crippen LogP contribution in [-0.4, -0.2) is 16.1 Å².